The lowest BCUT2D eigenvalue weighted by molar-refractivity contribution is -0.121. The molecule has 1 aromatic rings. The summed E-state index contributed by atoms with van der Waals surface area (Å²) in [4.78, 5) is 11.3. The summed E-state index contributed by atoms with van der Waals surface area (Å²) in [5.41, 5.74) is 2.75. The molecule has 0 amide bonds. The Morgan fingerprint density at radius 1 is 1.43 bits per heavy atom. The molecule has 0 radical (unpaired) electrons. The Morgan fingerprint density at radius 3 is 2.93 bits per heavy atom. The van der Waals surface area contributed by atoms with Crippen molar-refractivity contribution in [2.24, 2.45) is 5.92 Å². The summed E-state index contributed by atoms with van der Waals surface area (Å²) in [5, 5.41) is 0. The van der Waals surface area contributed by atoms with E-state index in [0.29, 0.717) is 5.78 Å². The third kappa shape index (κ3) is 1.90. The van der Waals surface area contributed by atoms with Crippen molar-refractivity contribution in [1.82, 2.24) is 0 Å². The van der Waals surface area contributed by atoms with Gasteiger partial charge >= 0.3 is 0 Å². The molecule has 2 rings (SSSR count). The molecule has 0 N–H and O–H groups in total. The molecule has 74 valence electrons. The number of fused-ring (bicyclic) bond motifs is 1. The fraction of sp³-hybridized carbons (Fsp3) is 0.417. The van der Waals surface area contributed by atoms with E-state index in [9.17, 15) is 4.79 Å². The lowest BCUT2D eigenvalue weighted by Gasteiger charge is -2.22. The van der Waals surface area contributed by atoms with E-state index in [1.54, 1.807) is 6.92 Å². The van der Waals surface area contributed by atoms with Gasteiger partial charge in [0.15, 0.2) is 0 Å². The normalized spacial score (nSPS) is 20.3. The van der Waals surface area contributed by atoms with Crippen LogP contribution in [-0.2, 0) is 17.6 Å². The quantitative estimate of drug-likeness (QED) is 0.751. The maximum Gasteiger partial charge on any atom is 0.133 e. The number of ketones is 1. The van der Waals surface area contributed by atoms with Gasteiger partial charge < -0.3 is 0 Å². The number of benzene rings is 1. The summed E-state index contributed by atoms with van der Waals surface area (Å²) >= 11 is 3.47. The highest BCUT2D eigenvalue weighted by Gasteiger charge is 2.21. The third-order valence-electron chi connectivity index (χ3n) is 2.97. The summed E-state index contributed by atoms with van der Waals surface area (Å²) in [6.45, 7) is 1.70. The molecule has 1 atom stereocenters. The van der Waals surface area contributed by atoms with Crippen molar-refractivity contribution in [2.75, 3.05) is 0 Å². The van der Waals surface area contributed by atoms with E-state index in [1.165, 1.54) is 11.1 Å². The van der Waals surface area contributed by atoms with Gasteiger partial charge in [-0.15, -0.1) is 0 Å². The Balaban J connectivity index is 2.27. The molecular weight excluding hydrogens is 240 g/mol. The summed E-state index contributed by atoms with van der Waals surface area (Å²) in [6, 6.07) is 6.36. The number of rotatable bonds is 1. The highest BCUT2D eigenvalue weighted by Crippen LogP contribution is 2.28. The van der Waals surface area contributed by atoms with Gasteiger partial charge in [0.25, 0.3) is 0 Å². The lowest BCUT2D eigenvalue weighted by atomic mass is 9.82. The van der Waals surface area contributed by atoms with Crippen molar-refractivity contribution >= 4 is 21.7 Å². The molecule has 0 saturated heterocycles. The Labute approximate surface area is 92.6 Å². The highest BCUT2D eigenvalue weighted by atomic mass is 79.9. The average molecular weight is 253 g/mol. The largest absolute Gasteiger partial charge is 0.300 e. The second-order valence-corrected chi connectivity index (χ2v) is 4.88. The number of hydrogen-bond acceptors (Lipinski definition) is 1. The van der Waals surface area contributed by atoms with E-state index in [2.05, 4.69) is 34.1 Å². The molecule has 1 unspecified atom stereocenters. The standard InChI is InChI=1S/C12H13BrO/c1-8(14)9-2-3-11-7-12(13)5-4-10(11)6-9/h4-5,7,9H,2-3,6H2,1H3. The molecule has 0 heterocycles. The Hall–Kier alpha value is -0.630. The van der Waals surface area contributed by atoms with Crippen LogP contribution in [0.5, 0.6) is 0 Å². The van der Waals surface area contributed by atoms with E-state index in [0.717, 1.165) is 23.7 Å². The smallest absolute Gasteiger partial charge is 0.133 e. The monoisotopic (exact) mass is 252 g/mol. The fourth-order valence-electron chi connectivity index (χ4n) is 2.07. The molecule has 0 spiro atoms. The van der Waals surface area contributed by atoms with Gasteiger partial charge in [-0.05, 0) is 49.4 Å². The van der Waals surface area contributed by atoms with Gasteiger partial charge in [-0.2, -0.15) is 0 Å². The Morgan fingerprint density at radius 2 is 2.21 bits per heavy atom. The van der Waals surface area contributed by atoms with Gasteiger partial charge in [-0.3, -0.25) is 4.79 Å². The zero-order chi connectivity index (χ0) is 10.1. The van der Waals surface area contributed by atoms with Crippen LogP contribution in [0.2, 0.25) is 0 Å². The summed E-state index contributed by atoms with van der Waals surface area (Å²) in [6.07, 6.45) is 2.98. The van der Waals surface area contributed by atoms with Gasteiger partial charge in [0.1, 0.15) is 5.78 Å². The van der Waals surface area contributed by atoms with E-state index < -0.39 is 0 Å². The molecule has 0 bridgehead atoms. The molecule has 0 aromatic heterocycles. The van der Waals surface area contributed by atoms with E-state index >= 15 is 0 Å². The average Bonchev–Trinajstić information content (AvgIpc) is 2.16. The molecule has 2 heteroatoms. The number of carbonyl (C=O) groups excluding carboxylic acids is 1. The van der Waals surface area contributed by atoms with Gasteiger partial charge in [-0.1, -0.05) is 22.0 Å². The van der Waals surface area contributed by atoms with Crippen LogP contribution in [0, 0.1) is 5.92 Å². The van der Waals surface area contributed by atoms with Crippen LogP contribution in [-0.4, -0.2) is 5.78 Å². The van der Waals surface area contributed by atoms with Crippen LogP contribution in [0.15, 0.2) is 22.7 Å². The van der Waals surface area contributed by atoms with E-state index in [4.69, 9.17) is 0 Å². The molecule has 0 fully saturated rings. The minimum atomic E-state index is 0.253. The van der Waals surface area contributed by atoms with Crippen molar-refractivity contribution in [3.05, 3.63) is 33.8 Å². The first-order chi connectivity index (χ1) is 6.66. The molecule has 0 aliphatic heterocycles. The van der Waals surface area contributed by atoms with Crippen molar-refractivity contribution < 1.29 is 4.79 Å². The number of carbonyl (C=O) groups is 1. The number of halogens is 1. The van der Waals surface area contributed by atoms with Crippen LogP contribution in [0.25, 0.3) is 0 Å². The third-order valence-corrected chi connectivity index (χ3v) is 3.46. The second kappa shape index (κ2) is 3.85. The van der Waals surface area contributed by atoms with Crippen LogP contribution in [0.1, 0.15) is 24.5 Å². The van der Waals surface area contributed by atoms with Crippen LogP contribution in [0.3, 0.4) is 0 Å². The van der Waals surface area contributed by atoms with Crippen molar-refractivity contribution in [2.45, 2.75) is 26.2 Å². The fourth-order valence-corrected chi connectivity index (χ4v) is 2.48. The first-order valence-electron chi connectivity index (χ1n) is 4.94. The number of aryl methyl sites for hydroxylation is 1. The Kier molecular flexibility index (Phi) is 2.73. The van der Waals surface area contributed by atoms with Crippen molar-refractivity contribution in [3.63, 3.8) is 0 Å². The van der Waals surface area contributed by atoms with E-state index in [-0.39, 0.29) is 5.92 Å². The zero-order valence-corrected chi connectivity index (χ0v) is 9.80. The zero-order valence-electron chi connectivity index (χ0n) is 8.22. The maximum absolute atomic E-state index is 11.3. The molecule has 1 aliphatic carbocycles. The van der Waals surface area contributed by atoms with Crippen LogP contribution in [0.4, 0.5) is 0 Å². The predicted octanol–water partition coefficient (Wildman–Crippen LogP) is 3.14. The van der Waals surface area contributed by atoms with Crippen molar-refractivity contribution in [1.29, 1.82) is 0 Å². The van der Waals surface area contributed by atoms with E-state index in [1.807, 2.05) is 0 Å². The molecule has 1 nitrogen and oxygen atoms in total. The maximum atomic E-state index is 11.3. The SMILES string of the molecule is CC(=O)C1CCc2cc(Br)ccc2C1. The van der Waals surface area contributed by atoms with Gasteiger partial charge in [-0.25, -0.2) is 0 Å². The molecule has 1 aromatic carbocycles. The number of Topliss-reactive ketones (excluding diaryl/α,β-unsaturated/α-hetero) is 1. The van der Waals surface area contributed by atoms with Crippen LogP contribution < -0.4 is 0 Å². The minimum absolute atomic E-state index is 0.253. The summed E-state index contributed by atoms with van der Waals surface area (Å²) < 4.78 is 1.14. The molecule has 14 heavy (non-hydrogen) atoms. The second-order valence-electron chi connectivity index (χ2n) is 3.96. The lowest BCUT2D eigenvalue weighted by Crippen LogP contribution is -2.20. The summed E-state index contributed by atoms with van der Waals surface area (Å²) in [7, 11) is 0. The Bertz CT molecular complexity index is 371. The number of hydrogen-bond donors (Lipinski definition) is 0. The first kappa shape index (κ1) is 9.91. The first-order valence-corrected chi connectivity index (χ1v) is 5.74. The minimum Gasteiger partial charge on any atom is -0.300 e. The molecular formula is C12H13BrO. The van der Waals surface area contributed by atoms with Crippen molar-refractivity contribution in [3.8, 4) is 0 Å². The molecule has 0 saturated carbocycles. The highest BCUT2D eigenvalue weighted by molar-refractivity contribution is 9.10. The van der Waals surface area contributed by atoms with Crippen LogP contribution >= 0.6 is 15.9 Å². The van der Waals surface area contributed by atoms with Gasteiger partial charge in [0.2, 0.25) is 0 Å². The topological polar surface area (TPSA) is 17.1 Å². The van der Waals surface area contributed by atoms with Gasteiger partial charge in [0.05, 0.1) is 0 Å². The summed E-state index contributed by atoms with van der Waals surface area (Å²) in [5.74, 6) is 0.585. The van der Waals surface area contributed by atoms with Gasteiger partial charge in [0, 0.05) is 10.4 Å². The molecule has 1 aliphatic rings. The predicted molar refractivity (Wildman–Crippen MR) is 60.3 cm³/mol.